The second kappa shape index (κ2) is 9.54. The quantitative estimate of drug-likeness (QED) is 0.632. The van der Waals surface area contributed by atoms with E-state index in [4.69, 9.17) is 23.7 Å². The standard InChI is InChI=1S/C26H33NO7/c1-24(2,3)34-20-12-10-19(11-13-20)21(28)22(26-31-15-25(4,16-32-26)17-33-26)27-23(29)30-14-18-8-6-5-7-9-18/h5-13,21-22,28H,14-17H2,1-4H3,(H,27,29)/t21-,22-,25?,26?/m0/s1. The Labute approximate surface area is 200 Å². The summed E-state index contributed by atoms with van der Waals surface area (Å²) in [5.41, 5.74) is 0.769. The molecule has 3 aliphatic heterocycles. The molecule has 3 heterocycles. The van der Waals surface area contributed by atoms with Crippen LogP contribution in [0.15, 0.2) is 54.6 Å². The number of nitrogens with one attached hydrogen (secondary N) is 1. The second-order valence-electron chi connectivity index (χ2n) is 10.2. The molecule has 2 aromatic carbocycles. The molecule has 0 spiro atoms. The molecule has 2 bridgehead atoms. The van der Waals surface area contributed by atoms with Crippen molar-refractivity contribution in [2.45, 2.75) is 58.0 Å². The van der Waals surface area contributed by atoms with Gasteiger partial charge in [0.05, 0.1) is 19.8 Å². The van der Waals surface area contributed by atoms with E-state index < -0.39 is 24.2 Å². The highest BCUT2D eigenvalue weighted by molar-refractivity contribution is 5.68. The van der Waals surface area contributed by atoms with Crippen LogP contribution < -0.4 is 10.1 Å². The summed E-state index contributed by atoms with van der Waals surface area (Å²) in [6, 6.07) is 15.3. The molecule has 3 saturated heterocycles. The van der Waals surface area contributed by atoms with E-state index in [1.807, 2.05) is 58.0 Å². The molecule has 2 aromatic rings. The lowest BCUT2D eigenvalue weighted by Crippen LogP contribution is -2.68. The van der Waals surface area contributed by atoms with Crippen LogP contribution in [0.1, 0.15) is 44.9 Å². The lowest BCUT2D eigenvalue weighted by molar-refractivity contribution is -0.478. The number of amides is 1. The highest BCUT2D eigenvalue weighted by Crippen LogP contribution is 2.42. The first-order valence-corrected chi connectivity index (χ1v) is 11.4. The van der Waals surface area contributed by atoms with E-state index in [0.717, 1.165) is 5.56 Å². The Balaban J connectivity index is 1.52. The van der Waals surface area contributed by atoms with Gasteiger partial charge < -0.3 is 34.1 Å². The normalized spacial score (nSPS) is 25.9. The van der Waals surface area contributed by atoms with Crippen molar-refractivity contribution in [2.24, 2.45) is 5.41 Å². The van der Waals surface area contributed by atoms with E-state index in [1.165, 1.54) is 0 Å². The van der Waals surface area contributed by atoms with Gasteiger partial charge in [-0.1, -0.05) is 49.4 Å². The molecule has 34 heavy (non-hydrogen) atoms. The second-order valence-corrected chi connectivity index (χ2v) is 10.2. The number of carbonyl (C=O) groups is 1. The Morgan fingerprint density at radius 1 is 1.03 bits per heavy atom. The van der Waals surface area contributed by atoms with Gasteiger partial charge in [0.1, 0.15) is 30.1 Å². The summed E-state index contributed by atoms with van der Waals surface area (Å²) in [5, 5.41) is 14.0. The van der Waals surface area contributed by atoms with Crippen molar-refractivity contribution in [3.8, 4) is 5.75 Å². The molecule has 0 radical (unpaired) electrons. The lowest BCUT2D eigenvalue weighted by atomic mass is 9.90. The third kappa shape index (κ3) is 5.70. The molecule has 184 valence electrons. The summed E-state index contributed by atoms with van der Waals surface area (Å²) in [6.07, 6.45) is -1.92. The monoisotopic (exact) mass is 471 g/mol. The van der Waals surface area contributed by atoms with Gasteiger partial charge in [0, 0.05) is 5.41 Å². The molecule has 0 saturated carbocycles. The Morgan fingerprint density at radius 3 is 2.18 bits per heavy atom. The van der Waals surface area contributed by atoms with Crippen LogP contribution in [-0.2, 0) is 25.6 Å². The van der Waals surface area contributed by atoms with Crippen LogP contribution in [0.4, 0.5) is 4.79 Å². The number of alkyl carbamates (subject to hydrolysis) is 1. The summed E-state index contributed by atoms with van der Waals surface area (Å²) in [6.45, 7) is 9.12. The molecule has 8 nitrogen and oxygen atoms in total. The number of hydrogen-bond donors (Lipinski definition) is 2. The first kappa shape index (κ1) is 24.5. The fraction of sp³-hybridized carbons (Fsp3) is 0.500. The van der Waals surface area contributed by atoms with Crippen molar-refractivity contribution in [1.82, 2.24) is 5.32 Å². The number of ether oxygens (including phenoxy) is 5. The number of carbonyl (C=O) groups excluding carboxylic acids is 1. The zero-order chi connectivity index (χ0) is 24.4. The largest absolute Gasteiger partial charge is 0.488 e. The van der Waals surface area contributed by atoms with E-state index in [2.05, 4.69) is 5.32 Å². The Hall–Kier alpha value is -2.65. The van der Waals surface area contributed by atoms with E-state index in [9.17, 15) is 9.90 Å². The predicted molar refractivity (Wildman–Crippen MR) is 124 cm³/mol. The van der Waals surface area contributed by atoms with Crippen LogP contribution in [0, 0.1) is 5.41 Å². The van der Waals surface area contributed by atoms with Gasteiger partial charge >= 0.3 is 12.1 Å². The van der Waals surface area contributed by atoms with Gasteiger partial charge in [0.15, 0.2) is 0 Å². The molecule has 8 heteroatoms. The van der Waals surface area contributed by atoms with Crippen molar-refractivity contribution < 1.29 is 33.6 Å². The van der Waals surface area contributed by atoms with E-state index in [1.54, 1.807) is 24.3 Å². The van der Waals surface area contributed by atoms with Gasteiger partial charge in [-0.05, 0) is 44.0 Å². The molecule has 5 rings (SSSR count). The van der Waals surface area contributed by atoms with E-state index >= 15 is 0 Å². The van der Waals surface area contributed by atoms with E-state index in [-0.39, 0.29) is 17.6 Å². The van der Waals surface area contributed by atoms with Gasteiger partial charge in [0.2, 0.25) is 0 Å². The van der Waals surface area contributed by atoms with Crippen LogP contribution >= 0.6 is 0 Å². The molecule has 3 aliphatic rings. The Bertz CT molecular complexity index is 946. The summed E-state index contributed by atoms with van der Waals surface area (Å²) >= 11 is 0. The highest BCUT2D eigenvalue weighted by Gasteiger charge is 2.57. The smallest absolute Gasteiger partial charge is 0.408 e. The van der Waals surface area contributed by atoms with Gasteiger partial charge in [-0.15, -0.1) is 0 Å². The minimum Gasteiger partial charge on any atom is -0.488 e. The number of aliphatic hydroxyl groups excluding tert-OH is 1. The van der Waals surface area contributed by atoms with Crippen molar-refractivity contribution >= 4 is 6.09 Å². The fourth-order valence-electron chi connectivity index (χ4n) is 3.88. The van der Waals surface area contributed by atoms with Crippen LogP contribution in [0.5, 0.6) is 5.75 Å². The number of fused-ring (bicyclic) bond motifs is 3. The number of hydrogen-bond acceptors (Lipinski definition) is 7. The summed E-state index contributed by atoms with van der Waals surface area (Å²) < 4.78 is 29.0. The van der Waals surface area contributed by atoms with Crippen molar-refractivity contribution in [3.05, 3.63) is 65.7 Å². The average Bonchev–Trinajstić information content (AvgIpc) is 2.82. The predicted octanol–water partition coefficient (Wildman–Crippen LogP) is 3.93. The summed E-state index contributed by atoms with van der Waals surface area (Å²) in [7, 11) is 0. The van der Waals surface area contributed by atoms with Crippen LogP contribution in [-0.4, -0.2) is 48.6 Å². The third-order valence-electron chi connectivity index (χ3n) is 5.69. The molecule has 0 aromatic heterocycles. The first-order valence-electron chi connectivity index (χ1n) is 11.4. The van der Waals surface area contributed by atoms with Crippen molar-refractivity contribution in [2.75, 3.05) is 19.8 Å². The Kier molecular flexibility index (Phi) is 6.87. The molecule has 0 unspecified atom stereocenters. The average molecular weight is 472 g/mol. The lowest BCUT2D eigenvalue weighted by Gasteiger charge is -2.53. The summed E-state index contributed by atoms with van der Waals surface area (Å²) in [4.78, 5) is 12.7. The van der Waals surface area contributed by atoms with E-state index in [0.29, 0.717) is 31.1 Å². The summed E-state index contributed by atoms with van der Waals surface area (Å²) in [5.74, 6) is -0.952. The molecular weight excluding hydrogens is 438 g/mol. The van der Waals surface area contributed by atoms with Gasteiger partial charge in [0.25, 0.3) is 0 Å². The van der Waals surface area contributed by atoms with Crippen molar-refractivity contribution in [1.29, 1.82) is 0 Å². The molecule has 3 fully saturated rings. The third-order valence-corrected chi connectivity index (χ3v) is 5.69. The molecule has 2 atom stereocenters. The van der Waals surface area contributed by atoms with Gasteiger partial charge in [-0.25, -0.2) is 4.79 Å². The highest BCUT2D eigenvalue weighted by atomic mass is 16.9. The SMILES string of the molecule is CC12COC([C@@H](NC(=O)OCc3ccccc3)[C@@H](O)c3ccc(OC(C)(C)C)cc3)(OC1)OC2. The minimum absolute atomic E-state index is 0.0853. The Morgan fingerprint density at radius 2 is 1.62 bits per heavy atom. The zero-order valence-corrected chi connectivity index (χ0v) is 20.1. The molecular formula is C26H33NO7. The maximum atomic E-state index is 12.7. The first-order chi connectivity index (χ1) is 16.1. The van der Waals surface area contributed by atoms with Crippen molar-refractivity contribution in [3.63, 3.8) is 0 Å². The van der Waals surface area contributed by atoms with Crippen LogP contribution in [0.3, 0.4) is 0 Å². The molecule has 1 amide bonds. The minimum atomic E-state index is -1.62. The molecule has 2 N–H and O–H groups in total. The van der Waals surface area contributed by atoms with Crippen LogP contribution in [0.25, 0.3) is 0 Å². The molecule has 0 aliphatic carbocycles. The maximum Gasteiger partial charge on any atom is 0.408 e. The zero-order valence-electron chi connectivity index (χ0n) is 20.1. The number of benzene rings is 2. The topological polar surface area (TPSA) is 95.5 Å². The number of rotatable bonds is 7. The maximum absolute atomic E-state index is 12.7. The fourth-order valence-corrected chi connectivity index (χ4v) is 3.88. The van der Waals surface area contributed by atoms with Gasteiger partial charge in [-0.3, -0.25) is 0 Å². The van der Waals surface area contributed by atoms with Crippen LogP contribution in [0.2, 0.25) is 0 Å². The number of aliphatic hydroxyl groups is 1. The van der Waals surface area contributed by atoms with Gasteiger partial charge in [-0.2, -0.15) is 0 Å².